The summed E-state index contributed by atoms with van der Waals surface area (Å²) in [6.45, 7) is 4.30. The number of amides is 1. The second-order valence-electron chi connectivity index (χ2n) is 8.72. The summed E-state index contributed by atoms with van der Waals surface area (Å²) in [5.74, 6) is 1.18. The van der Waals surface area contributed by atoms with Gasteiger partial charge in [-0.25, -0.2) is 0 Å². The molecule has 0 N–H and O–H groups in total. The molecule has 3 aliphatic rings. The average molecular weight is 356 g/mol. The topological polar surface area (TPSA) is 36.4 Å². The van der Waals surface area contributed by atoms with Crippen LogP contribution < -0.4 is 0 Å². The fraction of sp³-hybridized carbons (Fsp3) is 0.727. The van der Waals surface area contributed by atoms with Crippen molar-refractivity contribution < 1.29 is 4.79 Å². The number of aromatic nitrogens is 1. The minimum atomic E-state index is 0.154. The van der Waals surface area contributed by atoms with Crippen LogP contribution >= 0.6 is 0 Å². The van der Waals surface area contributed by atoms with Gasteiger partial charge in [-0.15, -0.1) is 0 Å². The standard InChI is InChI=1S/C22H33N3O/c26-21-7-11-22(25(21)18-19-5-2-1-3-6-19)10-4-15-24(16-12-22)17-20-8-13-23-14-9-20/h8-9,13-14,19H,1-7,10-12,15-18H2/t22-/m0/s1. The van der Waals surface area contributed by atoms with Crippen LogP contribution in [0.5, 0.6) is 0 Å². The van der Waals surface area contributed by atoms with E-state index in [4.69, 9.17) is 0 Å². The lowest BCUT2D eigenvalue weighted by Crippen LogP contribution is -2.48. The van der Waals surface area contributed by atoms with Gasteiger partial charge in [0, 0.05) is 44.0 Å². The molecule has 1 saturated carbocycles. The number of likely N-dealkylation sites (tertiary alicyclic amines) is 2. The number of hydrogen-bond donors (Lipinski definition) is 0. The Morgan fingerprint density at radius 1 is 1.00 bits per heavy atom. The van der Waals surface area contributed by atoms with E-state index in [9.17, 15) is 4.79 Å². The molecule has 1 atom stereocenters. The zero-order valence-electron chi connectivity index (χ0n) is 16.0. The van der Waals surface area contributed by atoms with Gasteiger partial charge in [-0.2, -0.15) is 0 Å². The Morgan fingerprint density at radius 3 is 2.62 bits per heavy atom. The van der Waals surface area contributed by atoms with Crippen LogP contribution in [0.2, 0.25) is 0 Å². The number of carbonyl (C=O) groups is 1. The summed E-state index contributed by atoms with van der Waals surface area (Å²) >= 11 is 0. The SMILES string of the molecule is O=C1CC[C@]2(CCCN(Cc3ccncc3)CC2)N1CC1CCCCC1. The maximum Gasteiger partial charge on any atom is 0.223 e. The summed E-state index contributed by atoms with van der Waals surface area (Å²) in [6, 6.07) is 4.24. The predicted molar refractivity (Wildman–Crippen MR) is 104 cm³/mol. The zero-order chi connectivity index (χ0) is 17.8. The Kier molecular flexibility index (Phi) is 5.58. The molecular formula is C22H33N3O. The van der Waals surface area contributed by atoms with E-state index in [1.807, 2.05) is 12.4 Å². The molecule has 4 rings (SSSR count). The first-order valence-corrected chi connectivity index (χ1v) is 10.7. The number of nitrogens with zero attached hydrogens (tertiary/aromatic N) is 3. The van der Waals surface area contributed by atoms with E-state index in [0.717, 1.165) is 51.4 Å². The van der Waals surface area contributed by atoms with Crippen molar-refractivity contribution in [1.82, 2.24) is 14.8 Å². The molecule has 0 bridgehead atoms. The molecule has 0 unspecified atom stereocenters. The fourth-order valence-corrected chi connectivity index (χ4v) is 5.46. The Morgan fingerprint density at radius 2 is 1.81 bits per heavy atom. The highest BCUT2D eigenvalue weighted by atomic mass is 16.2. The molecule has 3 heterocycles. The number of carbonyl (C=O) groups excluding carboxylic acids is 1. The maximum absolute atomic E-state index is 12.7. The van der Waals surface area contributed by atoms with Gasteiger partial charge in [0.1, 0.15) is 0 Å². The van der Waals surface area contributed by atoms with Crippen LogP contribution in [0.4, 0.5) is 0 Å². The van der Waals surface area contributed by atoms with E-state index in [0.29, 0.717) is 5.91 Å². The Balaban J connectivity index is 1.41. The van der Waals surface area contributed by atoms with Crippen LogP contribution in [0.1, 0.15) is 69.8 Å². The summed E-state index contributed by atoms with van der Waals surface area (Å²) < 4.78 is 0. The van der Waals surface area contributed by atoms with Gasteiger partial charge >= 0.3 is 0 Å². The third-order valence-electron chi connectivity index (χ3n) is 7.01. The third-order valence-corrected chi connectivity index (χ3v) is 7.01. The zero-order valence-corrected chi connectivity index (χ0v) is 16.0. The van der Waals surface area contributed by atoms with E-state index < -0.39 is 0 Å². The molecule has 0 radical (unpaired) electrons. The van der Waals surface area contributed by atoms with Gasteiger partial charge in [-0.3, -0.25) is 14.7 Å². The van der Waals surface area contributed by atoms with E-state index in [2.05, 4.69) is 26.9 Å². The molecule has 2 aliphatic heterocycles. The highest BCUT2D eigenvalue weighted by Crippen LogP contribution is 2.41. The van der Waals surface area contributed by atoms with Crippen LogP contribution in [0.3, 0.4) is 0 Å². The van der Waals surface area contributed by atoms with Crippen LogP contribution in [0, 0.1) is 5.92 Å². The quantitative estimate of drug-likeness (QED) is 0.819. The van der Waals surface area contributed by atoms with Gasteiger partial charge in [0.15, 0.2) is 0 Å². The third kappa shape index (κ3) is 3.95. The van der Waals surface area contributed by atoms with Crippen molar-refractivity contribution in [1.29, 1.82) is 0 Å². The molecule has 26 heavy (non-hydrogen) atoms. The maximum atomic E-state index is 12.7. The van der Waals surface area contributed by atoms with Crippen molar-refractivity contribution in [3.8, 4) is 0 Å². The van der Waals surface area contributed by atoms with Crippen molar-refractivity contribution in [2.75, 3.05) is 19.6 Å². The summed E-state index contributed by atoms with van der Waals surface area (Å²) in [4.78, 5) is 21.8. The number of hydrogen-bond acceptors (Lipinski definition) is 3. The second kappa shape index (κ2) is 8.08. The molecule has 4 nitrogen and oxygen atoms in total. The molecule has 0 aromatic carbocycles. The lowest BCUT2D eigenvalue weighted by atomic mass is 9.84. The average Bonchev–Trinajstić information content (AvgIpc) is 2.85. The summed E-state index contributed by atoms with van der Waals surface area (Å²) in [5, 5.41) is 0. The highest BCUT2D eigenvalue weighted by molar-refractivity contribution is 5.79. The van der Waals surface area contributed by atoms with Gasteiger partial charge in [0.05, 0.1) is 0 Å². The van der Waals surface area contributed by atoms with Gasteiger partial charge in [0.2, 0.25) is 5.91 Å². The molecule has 142 valence electrons. The van der Waals surface area contributed by atoms with Gasteiger partial charge in [0.25, 0.3) is 0 Å². The Hall–Kier alpha value is -1.42. The second-order valence-corrected chi connectivity index (χ2v) is 8.72. The summed E-state index contributed by atoms with van der Waals surface area (Å²) in [7, 11) is 0. The summed E-state index contributed by atoms with van der Waals surface area (Å²) in [6.07, 6.45) is 15.9. The molecule has 1 spiro atoms. The monoisotopic (exact) mass is 355 g/mol. The highest BCUT2D eigenvalue weighted by Gasteiger charge is 2.46. The molecule has 1 amide bonds. The Bertz CT molecular complexity index is 599. The first kappa shape index (κ1) is 18.0. The first-order valence-electron chi connectivity index (χ1n) is 10.7. The number of pyridine rings is 1. The molecule has 1 aromatic rings. The fourth-order valence-electron chi connectivity index (χ4n) is 5.46. The molecule has 1 aromatic heterocycles. The minimum Gasteiger partial charge on any atom is -0.337 e. The van der Waals surface area contributed by atoms with Gasteiger partial charge in [-0.05, 0) is 68.7 Å². The van der Waals surface area contributed by atoms with E-state index in [1.54, 1.807) is 0 Å². The minimum absolute atomic E-state index is 0.154. The van der Waals surface area contributed by atoms with Crippen LogP contribution in [0.25, 0.3) is 0 Å². The smallest absolute Gasteiger partial charge is 0.223 e. The predicted octanol–water partition coefficient (Wildman–Crippen LogP) is 4.01. The molecule has 4 heteroatoms. The Labute approximate surface area is 158 Å². The lowest BCUT2D eigenvalue weighted by molar-refractivity contribution is -0.132. The van der Waals surface area contributed by atoms with Crippen LogP contribution in [0.15, 0.2) is 24.5 Å². The normalized spacial score (nSPS) is 28.6. The van der Waals surface area contributed by atoms with E-state index >= 15 is 0 Å². The van der Waals surface area contributed by atoms with Crippen molar-refractivity contribution in [3.05, 3.63) is 30.1 Å². The molecule has 1 aliphatic carbocycles. The largest absolute Gasteiger partial charge is 0.337 e. The van der Waals surface area contributed by atoms with Crippen molar-refractivity contribution >= 4 is 5.91 Å². The van der Waals surface area contributed by atoms with Crippen LogP contribution in [-0.2, 0) is 11.3 Å². The van der Waals surface area contributed by atoms with Crippen molar-refractivity contribution in [3.63, 3.8) is 0 Å². The van der Waals surface area contributed by atoms with Gasteiger partial charge < -0.3 is 4.90 Å². The first-order chi connectivity index (χ1) is 12.8. The van der Waals surface area contributed by atoms with Crippen molar-refractivity contribution in [2.24, 2.45) is 5.92 Å². The van der Waals surface area contributed by atoms with Gasteiger partial charge in [-0.1, -0.05) is 19.3 Å². The van der Waals surface area contributed by atoms with Crippen molar-refractivity contribution in [2.45, 2.75) is 76.3 Å². The molecule has 2 saturated heterocycles. The molecular weight excluding hydrogens is 322 g/mol. The van der Waals surface area contributed by atoms with E-state index in [1.165, 1.54) is 50.5 Å². The van der Waals surface area contributed by atoms with E-state index in [-0.39, 0.29) is 5.54 Å². The summed E-state index contributed by atoms with van der Waals surface area (Å²) in [5.41, 5.74) is 1.50. The lowest BCUT2D eigenvalue weighted by Gasteiger charge is -2.41. The van der Waals surface area contributed by atoms with Crippen LogP contribution in [-0.4, -0.2) is 45.9 Å². The number of rotatable bonds is 4. The molecule has 3 fully saturated rings.